The second-order valence-electron chi connectivity index (χ2n) is 14.2. The molecule has 0 spiro atoms. The van der Waals surface area contributed by atoms with E-state index in [4.69, 9.17) is 14.2 Å². The molecule has 3 aliphatic rings. The van der Waals surface area contributed by atoms with Crippen molar-refractivity contribution in [2.75, 3.05) is 34.3 Å². The summed E-state index contributed by atoms with van der Waals surface area (Å²) in [6.45, 7) is 10.4. The van der Waals surface area contributed by atoms with Crippen LogP contribution in [0.5, 0.6) is 0 Å². The number of aliphatic hydroxyl groups excluding tert-OH is 2. The van der Waals surface area contributed by atoms with E-state index < -0.39 is 71.1 Å². The van der Waals surface area contributed by atoms with Crippen LogP contribution < -0.4 is 0 Å². The van der Waals surface area contributed by atoms with Crippen molar-refractivity contribution in [1.29, 1.82) is 0 Å². The van der Waals surface area contributed by atoms with Crippen LogP contribution in [-0.4, -0.2) is 136 Å². The van der Waals surface area contributed by atoms with Crippen LogP contribution in [-0.2, 0) is 23.8 Å². The van der Waals surface area contributed by atoms with Crippen molar-refractivity contribution in [3.63, 3.8) is 0 Å². The number of carbonyl (C=O) groups is 2. The third-order valence-corrected chi connectivity index (χ3v) is 9.91. The predicted molar refractivity (Wildman–Crippen MR) is 157 cm³/mol. The van der Waals surface area contributed by atoms with Gasteiger partial charge in [0.1, 0.15) is 29.7 Å². The van der Waals surface area contributed by atoms with Gasteiger partial charge in [0.25, 0.3) is 0 Å². The van der Waals surface area contributed by atoms with Crippen LogP contribution in [0.25, 0.3) is 0 Å². The van der Waals surface area contributed by atoms with Crippen LogP contribution in [0, 0.1) is 17.8 Å². The zero-order valence-corrected chi connectivity index (χ0v) is 27.3. The zero-order valence-electron chi connectivity index (χ0n) is 27.3. The van der Waals surface area contributed by atoms with Crippen molar-refractivity contribution in [3.8, 4) is 0 Å². The van der Waals surface area contributed by atoms with Gasteiger partial charge in [-0.2, -0.15) is 0 Å². The number of rotatable bonds is 5. The molecule has 1 saturated carbocycles. The van der Waals surface area contributed by atoms with E-state index in [1.165, 1.54) is 6.92 Å². The van der Waals surface area contributed by atoms with E-state index in [2.05, 4.69) is 0 Å². The van der Waals surface area contributed by atoms with E-state index in [0.717, 1.165) is 0 Å². The molecule has 1 aliphatic carbocycles. The fourth-order valence-electron chi connectivity index (χ4n) is 7.12. The quantitative estimate of drug-likeness (QED) is 0.330. The van der Waals surface area contributed by atoms with Gasteiger partial charge in [0.2, 0.25) is 5.67 Å². The molecule has 43 heavy (non-hydrogen) atoms. The summed E-state index contributed by atoms with van der Waals surface area (Å²) in [5.41, 5.74) is -5.96. The molecule has 3 fully saturated rings. The highest BCUT2D eigenvalue weighted by molar-refractivity contribution is 5.97. The molecular weight excluding hydrogens is 563 g/mol. The molecule has 0 radical (unpaired) electrons. The lowest BCUT2D eigenvalue weighted by atomic mass is 9.81. The van der Waals surface area contributed by atoms with Gasteiger partial charge in [0, 0.05) is 31.0 Å². The minimum Gasteiger partial charge on any atom is -0.457 e. The van der Waals surface area contributed by atoms with E-state index in [1.54, 1.807) is 27.8 Å². The summed E-state index contributed by atoms with van der Waals surface area (Å²) < 4.78 is 32.9. The van der Waals surface area contributed by atoms with Gasteiger partial charge in [-0.15, -0.1) is 0 Å². The summed E-state index contributed by atoms with van der Waals surface area (Å²) >= 11 is 0. The minimum atomic E-state index is -2.53. The number of esters is 1. The summed E-state index contributed by atoms with van der Waals surface area (Å²) in [6.07, 6.45) is -4.12. The van der Waals surface area contributed by atoms with E-state index in [-0.39, 0.29) is 50.4 Å². The Bertz CT molecular complexity index is 985. The highest BCUT2D eigenvalue weighted by Crippen LogP contribution is 2.51. The maximum absolute atomic E-state index is 15.7. The number of likely N-dealkylation sites (N-methyl/N-ethyl adjacent to an activating group) is 2. The van der Waals surface area contributed by atoms with E-state index in [0.29, 0.717) is 13.0 Å². The van der Waals surface area contributed by atoms with Gasteiger partial charge in [-0.1, -0.05) is 20.8 Å². The fraction of sp³-hybridized carbons (Fsp3) is 0.935. The van der Waals surface area contributed by atoms with Crippen LogP contribution >= 0.6 is 0 Å². The lowest BCUT2D eigenvalue weighted by Gasteiger charge is -2.44. The van der Waals surface area contributed by atoms with Crippen LogP contribution in [0.3, 0.4) is 0 Å². The van der Waals surface area contributed by atoms with E-state index in [1.807, 2.05) is 37.7 Å². The Labute approximate surface area is 255 Å². The summed E-state index contributed by atoms with van der Waals surface area (Å²) in [5.74, 6) is -3.91. The molecule has 2 aliphatic heterocycles. The molecule has 1 unspecified atom stereocenters. The summed E-state index contributed by atoms with van der Waals surface area (Å²) in [7, 11) is 5.54. The molecule has 0 aromatic carbocycles. The molecule has 250 valence electrons. The largest absolute Gasteiger partial charge is 0.457 e. The van der Waals surface area contributed by atoms with E-state index in [9.17, 15) is 30.0 Å². The standard InChI is InChI=1S/C31H55FN2O9/c1-10-23-29(6,39)26(36)20(5)34(9)15-17(2)12-30(40,13-18(3)24(35)21-14-31(21,32)28(38)43-23)16-41-25-22(33(7)8)11-19(4)42-27(25)37/h17-23,25-27,36-37,39-40H,10-16H2,1-9H3/t17-,18-,19-,20-,21?,22+,23-,25-,26-,27-,29-,30-,31+/m1/s1. The van der Waals surface area contributed by atoms with Gasteiger partial charge in [-0.25, -0.2) is 9.18 Å². The van der Waals surface area contributed by atoms with Crippen molar-refractivity contribution in [2.24, 2.45) is 17.8 Å². The molecule has 4 N–H and O–H groups in total. The molecule has 0 aromatic rings. The number of aliphatic hydroxyl groups is 4. The molecule has 0 bridgehead atoms. The average Bonchev–Trinajstić information content (AvgIpc) is 3.60. The molecule has 0 aromatic heterocycles. The highest BCUT2D eigenvalue weighted by Gasteiger charge is 2.67. The topological polar surface area (TPSA) is 149 Å². The number of cyclic esters (lactones) is 1. The van der Waals surface area contributed by atoms with Gasteiger partial charge in [-0.05, 0) is 73.5 Å². The SMILES string of the molecule is CC[C@H]1OC(=O)[C@]2(F)CC2C(=O)[C@H](C)C[C@@](O)(CO[C@H]2[C@H](O)O[C@H](C)C[C@@H]2N(C)C)C[C@@H](C)CN(C)[C@H](C)[C@@H](O)[C@]1(C)O. The molecule has 2 heterocycles. The third-order valence-electron chi connectivity index (χ3n) is 9.91. The Morgan fingerprint density at radius 3 is 2.30 bits per heavy atom. The van der Waals surface area contributed by atoms with E-state index >= 15 is 4.39 Å². The molecule has 0 amide bonds. The number of ketones is 1. The average molecular weight is 619 g/mol. The normalized spacial score (nSPS) is 47.7. The van der Waals surface area contributed by atoms with Crippen molar-refractivity contribution < 1.29 is 48.6 Å². The third kappa shape index (κ3) is 7.95. The van der Waals surface area contributed by atoms with Crippen LogP contribution in [0.1, 0.15) is 73.6 Å². The van der Waals surface area contributed by atoms with Crippen molar-refractivity contribution >= 4 is 11.8 Å². The van der Waals surface area contributed by atoms with Gasteiger partial charge < -0.3 is 44.4 Å². The molecule has 2 saturated heterocycles. The number of fused-ring (bicyclic) bond motifs is 1. The van der Waals surface area contributed by atoms with Crippen molar-refractivity contribution in [3.05, 3.63) is 0 Å². The molecule has 11 nitrogen and oxygen atoms in total. The Morgan fingerprint density at radius 2 is 1.72 bits per heavy atom. The number of nitrogens with zero attached hydrogens (tertiary/aromatic N) is 2. The first-order valence-electron chi connectivity index (χ1n) is 15.7. The first-order chi connectivity index (χ1) is 19.8. The Balaban J connectivity index is 1.90. The van der Waals surface area contributed by atoms with Gasteiger partial charge >= 0.3 is 5.97 Å². The number of hydrogen-bond donors (Lipinski definition) is 4. The Hall–Kier alpha value is -1.25. The zero-order chi connectivity index (χ0) is 32.7. The van der Waals surface area contributed by atoms with Crippen LogP contribution in [0.4, 0.5) is 4.39 Å². The monoisotopic (exact) mass is 618 g/mol. The second-order valence-corrected chi connectivity index (χ2v) is 14.2. The number of hydrogen-bond acceptors (Lipinski definition) is 11. The number of alkyl halides is 1. The lowest BCUT2D eigenvalue weighted by Crippen LogP contribution is -2.59. The Morgan fingerprint density at radius 1 is 1.09 bits per heavy atom. The van der Waals surface area contributed by atoms with Crippen LogP contribution in [0.15, 0.2) is 0 Å². The summed E-state index contributed by atoms with van der Waals surface area (Å²) in [6, 6.07) is -0.767. The molecule has 13 atom stereocenters. The Kier molecular flexibility index (Phi) is 11.5. The number of ether oxygens (including phenoxy) is 3. The maximum atomic E-state index is 15.7. The lowest BCUT2D eigenvalue weighted by molar-refractivity contribution is -0.254. The predicted octanol–water partition coefficient (Wildman–Crippen LogP) is 1.28. The van der Waals surface area contributed by atoms with Gasteiger partial charge in [0.15, 0.2) is 6.29 Å². The maximum Gasteiger partial charge on any atom is 0.345 e. The number of carbonyl (C=O) groups excluding carboxylic acids is 2. The first kappa shape index (κ1) is 36.2. The highest BCUT2D eigenvalue weighted by atomic mass is 19.1. The minimum absolute atomic E-state index is 0.0430. The van der Waals surface area contributed by atoms with Crippen molar-refractivity contribution in [1.82, 2.24) is 9.80 Å². The molecular formula is C31H55FN2O9. The smallest absolute Gasteiger partial charge is 0.345 e. The van der Waals surface area contributed by atoms with Crippen molar-refractivity contribution in [2.45, 2.75) is 133 Å². The number of Topliss-reactive ketones (excluding diaryl/α,β-unsaturated/α-hetero) is 1. The molecule has 12 heteroatoms. The van der Waals surface area contributed by atoms with Gasteiger partial charge in [-0.3, -0.25) is 4.79 Å². The van der Waals surface area contributed by atoms with Crippen LogP contribution in [0.2, 0.25) is 0 Å². The van der Waals surface area contributed by atoms with Gasteiger partial charge in [0.05, 0.1) is 24.2 Å². The first-order valence-corrected chi connectivity index (χ1v) is 15.7. The second kappa shape index (κ2) is 13.6. The molecule has 3 rings (SSSR count). The number of halogens is 1. The fourth-order valence-corrected chi connectivity index (χ4v) is 7.12. The summed E-state index contributed by atoms with van der Waals surface area (Å²) in [5, 5.41) is 45.2. The summed E-state index contributed by atoms with van der Waals surface area (Å²) in [4.78, 5) is 30.1.